The van der Waals surface area contributed by atoms with Crippen LogP contribution >= 0.6 is 0 Å². The van der Waals surface area contributed by atoms with E-state index in [-0.39, 0.29) is 42.0 Å². The zero-order chi connectivity index (χ0) is 16.8. The Kier molecular flexibility index (Phi) is 3.16. The Labute approximate surface area is 137 Å². The Morgan fingerprint density at radius 2 is 1.79 bits per heavy atom. The summed E-state index contributed by atoms with van der Waals surface area (Å²) in [6, 6.07) is 5.77. The molecule has 0 saturated heterocycles. The molecule has 0 bridgehead atoms. The summed E-state index contributed by atoms with van der Waals surface area (Å²) in [5, 5.41) is 19.5. The van der Waals surface area contributed by atoms with Crippen LogP contribution < -0.4 is 18.9 Å². The number of methoxy groups -OCH3 is 1. The molecule has 7 nitrogen and oxygen atoms in total. The van der Waals surface area contributed by atoms with Crippen molar-refractivity contribution in [2.75, 3.05) is 20.5 Å². The largest absolute Gasteiger partial charge is 0.508 e. The predicted molar refractivity (Wildman–Crippen MR) is 81.5 cm³/mol. The molecular formula is C17H14O7. The lowest BCUT2D eigenvalue weighted by atomic mass is 9.87. The molecule has 0 aromatic heterocycles. The molecule has 0 saturated carbocycles. The summed E-state index contributed by atoms with van der Waals surface area (Å²) < 4.78 is 21.6. The highest BCUT2D eigenvalue weighted by molar-refractivity contribution is 6.07. The van der Waals surface area contributed by atoms with Crippen LogP contribution in [-0.2, 0) is 0 Å². The Balaban J connectivity index is 1.80. The van der Waals surface area contributed by atoms with Gasteiger partial charge in [-0.25, -0.2) is 0 Å². The first-order chi connectivity index (χ1) is 11.6. The van der Waals surface area contributed by atoms with Crippen molar-refractivity contribution in [1.29, 1.82) is 0 Å². The molecule has 7 heteroatoms. The lowest BCUT2D eigenvalue weighted by Gasteiger charge is -2.26. The van der Waals surface area contributed by atoms with E-state index in [1.165, 1.54) is 13.2 Å². The summed E-state index contributed by atoms with van der Waals surface area (Å²) in [6.45, 7) is 0.171. The molecule has 0 fully saturated rings. The average Bonchev–Trinajstić information content (AvgIpc) is 3.00. The molecule has 2 aliphatic rings. The molecular weight excluding hydrogens is 316 g/mol. The Morgan fingerprint density at radius 3 is 2.54 bits per heavy atom. The summed E-state index contributed by atoms with van der Waals surface area (Å²) in [5.41, 5.74) is 0.633. The van der Waals surface area contributed by atoms with Crippen LogP contribution in [0.15, 0.2) is 24.3 Å². The highest BCUT2D eigenvalue weighted by Gasteiger charge is 2.36. The van der Waals surface area contributed by atoms with Crippen LogP contribution in [0.1, 0.15) is 21.8 Å². The number of Topliss-reactive ketones (excluding diaryl/α,β-unsaturated/α-hetero) is 1. The van der Waals surface area contributed by atoms with Crippen molar-refractivity contribution < 1.29 is 34.0 Å². The van der Waals surface area contributed by atoms with Gasteiger partial charge in [0.1, 0.15) is 35.2 Å². The third-order valence-corrected chi connectivity index (χ3v) is 4.13. The van der Waals surface area contributed by atoms with Crippen LogP contribution in [0.2, 0.25) is 0 Å². The number of carbonyl (C=O) groups excluding carboxylic acids is 1. The van der Waals surface area contributed by atoms with E-state index in [4.69, 9.17) is 18.9 Å². The summed E-state index contributed by atoms with van der Waals surface area (Å²) in [6.07, 6.45) is 0. The molecule has 0 unspecified atom stereocenters. The van der Waals surface area contributed by atoms with Gasteiger partial charge >= 0.3 is 0 Å². The monoisotopic (exact) mass is 330 g/mol. The molecule has 2 heterocycles. The van der Waals surface area contributed by atoms with Crippen molar-refractivity contribution in [3.8, 4) is 34.5 Å². The van der Waals surface area contributed by atoms with Crippen molar-refractivity contribution in [3.05, 3.63) is 35.4 Å². The maximum absolute atomic E-state index is 12.9. The third kappa shape index (κ3) is 2.09. The topological polar surface area (TPSA) is 94.5 Å². The number of phenolic OH excluding ortho intramolecular Hbond substituents is 2. The van der Waals surface area contributed by atoms with E-state index >= 15 is 0 Å². The van der Waals surface area contributed by atoms with Gasteiger partial charge in [-0.05, 0) is 6.07 Å². The molecule has 0 amide bonds. The van der Waals surface area contributed by atoms with Gasteiger partial charge in [0.05, 0.1) is 13.0 Å². The number of ketones is 1. The van der Waals surface area contributed by atoms with Gasteiger partial charge in [-0.15, -0.1) is 0 Å². The molecule has 2 N–H and O–H groups in total. The molecule has 2 aromatic rings. The first-order valence-corrected chi connectivity index (χ1v) is 7.29. The van der Waals surface area contributed by atoms with Crippen LogP contribution in [-0.4, -0.2) is 36.5 Å². The zero-order valence-corrected chi connectivity index (χ0v) is 12.7. The molecule has 24 heavy (non-hydrogen) atoms. The van der Waals surface area contributed by atoms with Crippen molar-refractivity contribution >= 4 is 5.78 Å². The van der Waals surface area contributed by atoms with Gasteiger partial charge in [-0.2, -0.15) is 0 Å². The van der Waals surface area contributed by atoms with Crippen LogP contribution in [0.3, 0.4) is 0 Å². The Morgan fingerprint density at radius 1 is 1.04 bits per heavy atom. The molecule has 0 radical (unpaired) electrons. The van der Waals surface area contributed by atoms with Gasteiger partial charge in [0, 0.05) is 23.8 Å². The Hall–Kier alpha value is -3.09. The number of hydrogen-bond acceptors (Lipinski definition) is 7. The number of aromatic hydroxyl groups is 2. The van der Waals surface area contributed by atoms with E-state index in [9.17, 15) is 15.0 Å². The van der Waals surface area contributed by atoms with Crippen LogP contribution in [0.5, 0.6) is 34.5 Å². The second kappa shape index (κ2) is 5.23. The fourth-order valence-corrected chi connectivity index (χ4v) is 2.99. The van der Waals surface area contributed by atoms with Crippen molar-refractivity contribution in [2.24, 2.45) is 0 Å². The summed E-state index contributed by atoms with van der Waals surface area (Å²) in [4.78, 5) is 12.9. The van der Waals surface area contributed by atoms with Crippen LogP contribution in [0.4, 0.5) is 0 Å². The standard InChI is InChI=1S/C17H14O7/c1-21-12-5-14-13(23-7-24-14)4-9(12)10-6-22-15-3-8(18)2-11(19)16(15)17(10)20/h2-5,10,18-19H,6-7H2,1H3/t10-/m1/s1. The predicted octanol–water partition coefficient (Wildman–Crippen LogP) is 2.19. The van der Waals surface area contributed by atoms with Gasteiger partial charge in [-0.3, -0.25) is 4.79 Å². The number of hydrogen-bond donors (Lipinski definition) is 2. The fraction of sp³-hybridized carbons (Fsp3) is 0.235. The van der Waals surface area contributed by atoms with Gasteiger partial charge < -0.3 is 29.2 Å². The zero-order valence-electron chi connectivity index (χ0n) is 12.7. The molecule has 1 atom stereocenters. The first kappa shape index (κ1) is 14.5. The van der Waals surface area contributed by atoms with Gasteiger partial charge in [-0.1, -0.05) is 0 Å². The van der Waals surface area contributed by atoms with Crippen molar-refractivity contribution in [3.63, 3.8) is 0 Å². The first-order valence-electron chi connectivity index (χ1n) is 7.29. The van der Waals surface area contributed by atoms with Gasteiger partial charge in [0.25, 0.3) is 0 Å². The van der Waals surface area contributed by atoms with Gasteiger partial charge in [0.15, 0.2) is 17.3 Å². The van der Waals surface area contributed by atoms with Gasteiger partial charge in [0.2, 0.25) is 6.79 Å². The van der Waals surface area contributed by atoms with Crippen LogP contribution in [0, 0.1) is 0 Å². The minimum Gasteiger partial charge on any atom is -0.508 e. The fourth-order valence-electron chi connectivity index (χ4n) is 2.99. The summed E-state index contributed by atoms with van der Waals surface area (Å²) >= 11 is 0. The number of ether oxygens (including phenoxy) is 4. The van der Waals surface area contributed by atoms with E-state index in [0.29, 0.717) is 22.8 Å². The second-order valence-electron chi connectivity index (χ2n) is 5.51. The minimum atomic E-state index is -0.669. The summed E-state index contributed by atoms with van der Waals surface area (Å²) in [5.74, 6) is 0.240. The van der Waals surface area contributed by atoms with E-state index in [2.05, 4.69) is 0 Å². The highest BCUT2D eigenvalue weighted by Crippen LogP contribution is 2.45. The lowest BCUT2D eigenvalue weighted by molar-refractivity contribution is 0.0890. The quantitative estimate of drug-likeness (QED) is 0.871. The molecule has 2 aromatic carbocycles. The Bertz CT molecular complexity index is 843. The minimum absolute atomic E-state index is 0.0452. The van der Waals surface area contributed by atoms with E-state index in [0.717, 1.165) is 6.07 Å². The van der Waals surface area contributed by atoms with E-state index < -0.39 is 5.92 Å². The molecule has 124 valence electrons. The molecule has 2 aliphatic heterocycles. The number of fused-ring (bicyclic) bond motifs is 2. The van der Waals surface area contributed by atoms with Crippen molar-refractivity contribution in [1.82, 2.24) is 0 Å². The number of benzene rings is 2. The highest BCUT2D eigenvalue weighted by atomic mass is 16.7. The molecule has 0 aliphatic carbocycles. The maximum atomic E-state index is 12.9. The SMILES string of the molecule is COc1cc2c(cc1[C@H]1COc3cc(O)cc(O)c3C1=O)OCO2. The van der Waals surface area contributed by atoms with Crippen molar-refractivity contribution in [2.45, 2.75) is 5.92 Å². The number of rotatable bonds is 2. The third-order valence-electron chi connectivity index (χ3n) is 4.13. The normalized spacial score (nSPS) is 18.0. The molecule has 4 rings (SSSR count). The molecule has 0 spiro atoms. The second-order valence-corrected chi connectivity index (χ2v) is 5.51. The lowest BCUT2D eigenvalue weighted by Crippen LogP contribution is -2.26. The van der Waals surface area contributed by atoms with Crippen LogP contribution in [0.25, 0.3) is 0 Å². The average molecular weight is 330 g/mol. The van der Waals surface area contributed by atoms with E-state index in [1.54, 1.807) is 12.1 Å². The number of carbonyl (C=O) groups is 1. The van der Waals surface area contributed by atoms with E-state index in [1.807, 2.05) is 0 Å². The number of phenols is 2. The summed E-state index contributed by atoms with van der Waals surface area (Å²) in [7, 11) is 1.50. The maximum Gasteiger partial charge on any atom is 0.231 e. The smallest absolute Gasteiger partial charge is 0.231 e.